The van der Waals surface area contributed by atoms with Gasteiger partial charge in [0.2, 0.25) is 0 Å². The lowest BCUT2D eigenvalue weighted by atomic mass is 10.0. The summed E-state index contributed by atoms with van der Waals surface area (Å²) in [5, 5.41) is 6.95. The van der Waals surface area contributed by atoms with Crippen molar-refractivity contribution in [2.24, 2.45) is 0 Å². The monoisotopic (exact) mass is 341 g/mol. The number of hydrogen-bond donors (Lipinski definition) is 1. The van der Waals surface area contributed by atoms with Crippen LogP contribution in [0.1, 0.15) is 47.9 Å². The van der Waals surface area contributed by atoms with E-state index in [4.69, 9.17) is 4.52 Å². The smallest absolute Gasteiger partial charge is 0.256 e. The van der Waals surface area contributed by atoms with Crippen molar-refractivity contribution in [3.05, 3.63) is 53.4 Å². The number of carbonyl (C=O) groups is 1. The van der Waals surface area contributed by atoms with E-state index < -0.39 is 0 Å². The van der Waals surface area contributed by atoms with Gasteiger partial charge in [-0.2, -0.15) is 0 Å². The van der Waals surface area contributed by atoms with Crippen molar-refractivity contribution in [2.75, 3.05) is 19.6 Å². The van der Waals surface area contributed by atoms with E-state index in [9.17, 15) is 4.79 Å². The van der Waals surface area contributed by atoms with Gasteiger partial charge in [-0.1, -0.05) is 42.4 Å². The number of carbonyl (C=O) groups excluding carboxylic acids is 1. The van der Waals surface area contributed by atoms with Crippen molar-refractivity contribution in [1.82, 2.24) is 15.4 Å². The highest BCUT2D eigenvalue weighted by atomic mass is 16.5. The van der Waals surface area contributed by atoms with E-state index in [1.807, 2.05) is 6.07 Å². The third kappa shape index (κ3) is 4.92. The molecule has 1 aromatic heterocycles. The van der Waals surface area contributed by atoms with E-state index in [-0.39, 0.29) is 11.9 Å². The van der Waals surface area contributed by atoms with Crippen LogP contribution in [0.2, 0.25) is 0 Å². The van der Waals surface area contributed by atoms with Gasteiger partial charge in [-0.25, -0.2) is 0 Å². The van der Waals surface area contributed by atoms with Crippen LogP contribution in [0.15, 0.2) is 41.1 Å². The number of aromatic nitrogens is 1. The predicted octanol–water partition coefficient (Wildman–Crippen LogP) is 3.06. The van der Waals surface area contributed by atoms with Crippen molar-refractivity contribution in [1.29, 1.82) is 0 Å². The second-order valence-corrected chi connectivity index (χ2v) is 6.76. The van der Waals surface area contributed by atoms with Gasteiger partial charge in [0.05, 0.1) is 6.20 Å². The molecule has 5 nitrogen and oxygen atoms in total. The summed E-state index contributed by atoms with van der Waals surface area (Å²) >= 11 is 0. The Bertz CT molecular complexity index is 669. The Morgan fingerprint density at radius 1 is 1.32 bits per heavy atom. The Hall–Kier alpha value is -2.14. The van der Waals surface area contributed by atoms with Gasteiger partial charge in [0.1, 0.15) is 11.3 Å². The minimum absolute atomic E-state index is 0.0559. The van der Waals surface area contributed by atoms with E-state index in [0.717, 1.165) is 51.7 Å². The van der Waals surface area contributed by atoms with Crippen LogP contribution in [0.3, 0.4) is 0 Å². The summed E-state index contributed by atoms with van der Waals surface area (Å²) in [6.45, 7) is 5.11. The highest BCUT2D eigenvalue weighted by molar-refractivity contribution is 5.95. The van der Waals surface area contributed by atoms with E-state index in [1.165, 1.54) is 11.8 Å². The van der Waals surface area contributed by atoms with Gasteiger partial charge in [0.15, 0.2) is 0 Å². The zero-order chi connectivity index (χ0) is 17.5. The fraction of sp³-hybridized carbons (Fsp3) is 0.500. The van der Waals surface area contributed by atoms with Gasteiger partial charge in [-0.3, -0.25) is 4.79 Å². The molecule has 1 N–H and O–H groups in total. The van der Waals surface area contributed by atoms with Gasteiger partial charge < -0.3 is 14.7 Å². The summed E-state index contributed by atoms with van der Waals surface area (Å²) in [5.74, 6) is 0.636. The van der Waals surface area contributed by atoms with Crippen LogP contribution in [0, 0.1) is 0 Å². The first-order valence-electron chi connectivity index (χ1n) is 9.27. The first-order valence-corrected chi connectivity index (χ1v) is 9.27. The Labute approximate surface area is 149 Å². The number of likely N-dealkylation sites (tertiary alicyclic amines) is 1. The van der Waals surface area contributed by atoms with Crippen LogP contribution in [0.5, 0.6) is 0 Å². The minimum atomic E-state index is -0.0559. The quantitative estimate of drug-likeness (QED) is 0.841. The van der Waals surface area contributed by atoms with Crippen molar-refractivity contribution >= 4 is 5.91 Å². The molecule has 5 heteroatoms. The number of nitrogens with one attached hydrogen (secondary N) is 1. The Morgan fingerprint density at radius 3 is 2.96 bits per heavy atom. The molecule has 134 valence electrons. The standard InChI is InChI=1S/C20H27N3O2/c1-2-7-19-18(14-21-25-19)20(24)22-17-10-6-12-23(15-17)13-11-16-8-4-3-5-9-16/h3-5,8-9,14,17H,2,6-7,10-13,15H2,1H3,(H,22,24). The number of aryl methyl sites for hydroxylation is 1. The SMILES string of the molecule is CCCc1oncc1C(=O)NC1CCCN(CCc2ccccc2)C1. The lowest BCUT2D eigenvalue weighted by Gasteiger charge is -2.33. The molecule has 1 aliphatic rings. The zero-order valence-electron chi connectivity index (χ0n) is 14.9. The molecule has 1 saturated heterocycles. The van der Waals surface area contributed by atoms with Crippen molar-refractivity contribution in [3.63, 3.8) is 0 Å². The number of amides is 1. The molecule has 3 rings (SSSR count). The molecule has 0 aliphatic carbocycles. The first kappa shape index (κ1) is 17.7. The van der Waals surface area contributed by atoms with E-state index in [2.05, 4.69) is 46.6 Å². The Balaban J connectivity index is 1.51. The number of hydrogen-bond acceptors (Lipinski definition) is 4. The van der Waals surface area contributed by atoms with Gasteiger partial charge in [0.25, 0.3) is 5.91 Å². The molecule has 0 spiro atoms. The van der Waals surface area contributed by atoms with Crippen LogP contribution >= 0.6 is 0 Å². The molecule has 1 fully saturated rings. The third-order valence-electron chi connectivity index (χ3n) is 4.77. The summed E-state index contributed by atoms with van der Waals surface area (Å²) in [4.78, 5) is 15.0. The fourth-order valence-electron chi connectivity index (χ4n) is 3.43. The highest BCUT2D eigenvalue weighted by Crippen LogP contribution is 2.14. The average molecular weight is 341 g/mol. The molecule has 0 radical (unpaired) electrons. The van der Waals surface area contributed by atoms with Crippen LogP contribution in [0.25, 0.3) is 0 Å². The molecular formula is C20H27N3O2. The van der Waals surface area contributed by atoms with Gasteiger partial charge in [0, 0.05) is 25.6 Å². The molecule has 1 amide bonds. The number of nitrogens with zero attached hydrogens (tertiary/aromatic N) is 2. The molecule has 1 aliphatic heterocycles. The molecule has 2 aromatic rings. The van der Waals surface area contributed by atoms with Gasteiger partial charge in [-0.15, -0.1) is 0 Å². The van der Waals surface area contributed by atoms with Crippen LogP contribution in [-0.4, -0.2) is 41.6 Å². The normalized spacial score (nSPS) is 18.2. The van der Waals surface area contributed by atoms with Crippen LogP contribution in [-0.2, 0) is 12.8 Å². The molecule has 1 unspecified atom stereocenters. The average Bonchev–Trinajstić information content (AvgIpc) is 3.10. The second kappa shape index (κ2) is 8.81. The maximum absolute atomic E-state index is 12.5. The maximum atomic E-state index is 12.5. The van der Waals surface area contributed by atoms with Crippen LogP contribution in [0.4, 0.5) is 0 Å². The molecule has 0 bridgehead atoms. The second-order valence-electron chi connectivity index (χ2n) is 6.76. The highest BCUT2D eigenvalue weighted by Gasteiger charge is 2.23. The summed E-state index contributed by atoms with van der Waals surface area (Å²) in [6.07, 6.45) is 6.42. The van der Waals surface area contributed by atoms with Crippen molar-refractivity contribution in [2.45, 2.75) is 45.1 Å². The summed E-state index contributed by atoms with van der Waals surface area (Å²) in [6, 6.07) is 10.8. The van der Waals surface area contributed by atoms with Crippen molar-refractivity contribution in [3.8, 4) is 0 Å². The van der Waals surface area contributed by atoms with E-state index in [0.29, 0.717) is 11.3 Å². The lowest BCUT2D eigenvalue weighted by molar-refractivity contribution is 0.0902. The third-order valence-corrected chi connectivity index (χ3v) is 4.77. The van der Waals surface area contributed by atoms with Gasteiger partial charge >= 0.3 is 0 Å². The minimum Gasteiger partial charge on any atom is -0.361 e. The van der Waals surface area contributed by atoms with Gasteiger partial charge in [-0.05, 0) is 37.8 Å². The molecular weight excluding hydrogens is 314 g/mol. The molecule has 1 aromatic carbocycles. The number of piperidine rings is 1. The summed E-state index contributed by atoms with van der Waals surface area (Å²) in [7, 11) is 0. The predicted molar refractivity (Wildman–Crippen MR) is 97.6 cm³/mol. The first-order chi connectivity index (χ1) is 12.3. The van der Waals surface area contributed by atoms with E-state index >= 15 is 0 Å². The van der Waals surface area contributed by atoms with E-state index in [1.54, 1.807) is 0 Å². The molecule has 1 atom stereocenters. The fourth-order valence-corrected chi connectivity index (χ4v) is 3.43. The lowest BCUT2D eigenvalue weighted by Crippen LogP contribution is -2.48. The van der Waals surface area contributed by atoms with Crippen LogP contribution < -0.4 is 5.32 Å². The van der Waals surface area contributed by atoms with Crippen molar-refractivity contribution < 1.29 is 9.32 Å². The maximum Gasteiger partial charge on any atom is 0.256 e. The Kier molecular flexibility index (Phi) is 6.23. The largest absolute Gasteiger partial charge is 0.361 e. The zero-order valence-corrected chi connectivity index (χ0v) is 14.9. The topological polar surface area (TPSA) is 58.4 Å². The molecule has 2 heterocycles. The molecule has 25 heavy (non-hydrogen) atoms. The molecule has 0 saturated carbocycles. The number of rotatable bonds is 7. The number of benzene rings is 1. The summed E-state index contributed by atoms with van der Waals surface area (Å²) < 4.78 is 5.20. The Morgan fingerprint density at radius 2 is 2.16 bits per heavy atom. The summed E-state index contributed by atoms with van der Waals surface area (Å²) in [5.41, 5.74) is 1.95.